The van der Waals surface area contributed by atoms with Gasteiger partial charge in [0.15, 0.2) is 3.79 Å². The van der Waals surface area contributed by atoms with Crippen molar-refractivity contribution < 1.29 is 61.5 Å². The Morgan fingerprint density at radius 1 is 0.656 bits per heavy atom. The van der Waals surface area contributed by atoms with Crippen LogP contribution >= 0.6 is 50.7 Å². The SMILES string of the molecule is FC(F)(F)C(F)(F)c1cc(Br)c(CC(Cl)(Cl)Cl)c(C(F)(C(F)(F)F)C(F)(F)C(F)(F)F)c1. The van der Waals surface area contributed by atoms with Gasteiger partial charge in [0, 0.05) is 22.0 Å². The van der Waals surface area contributed by atoms with E-state index in [9.17, 15) is 61.5 Å². The van der Waals surface area contributed by atoms with Crippen molar-refractivity contribution in [1.29, 1.82) is 0 Å². The fourth-order valence-electron chi connectivity index (χ4n) is 2.36. The molecule has 0 N–H and O–H groups in total. The average Bonchev–Trinajstić information content (AvgIpc) is 2.51. The molecule has 0 saturated heterocycles. The maximum absolute atomic E-state index is 14.9. The Balaban J connectivity index is 4.25. The van der Waals surface area contributed by atoms with Crippen LogP contribution in [0, 0.1) is 0 Å². The third-order valence-corrected chi connectivity index (χ3v) is 4.95. The van der Waals surface area contributed by atoms with Gasteiger partial charge < -0.3 is 0 Å². The second-order valence-electron chi connectivity index (χ2n) is 6.08. The number of hydrogen-bond donors (Lipinski definition) is 0. The largest absolute Gasteiger partial charge is 0.458 e. The quantitative estimate of drug-likeness (QED) is 0.232. The third-order valence-electron chi connectivity index (χ3n) is 3.84. The van der Waals surface area contributed by atoms with Gasteiger partial charge in [-0.15, -0.1) is 0 Å². The van der Waals surface area contributed by atoms with Crippen molar-refractivity contribution in [2.75, 3.05) is 0 Å². The highest BCUT2D eigenvalue weighted by atomic mass is 79.9. The van der Waals surface area contributed by atoms with Gasteiger partial charge in [0.05, 0.1) is 0 Å². The Morgan fingerprint density at radius 3 is 1.41 bits per heavy atom. The first-order valence-electron chi connectivity index (χ1n) is 7.26. The molecule has 0 bridgehead atoms. The Hall–Kier alpha value is -0.410. The molecule has 1 atom stereocenters. The Kier molecular flexibility index (Phi) is 7.74. The highest BCUT2D eigenvalue weighted by Crippen LogP contribution is 2.60. The summed E-state index contributed by atoms with van der Waals surface area (Å²) in [5, 5.41) is 0. The summed E-state index contributed by atoms with van der Waals surface area (Å²) in [5.41, 5.74) is -14.1. The summed E-state index contributed by atoms with van der Waals surface area (Å²) in [6, 6.07) is -1.41. The monoisotopic (exact) mass is 622 g/mol. The van der Waals surface area contributed by atoms with Crippen LogP contribution in [0.3, 0.4) is 0 Å². The summed E-state index contributed by atoms with van der Waals surface area (Å²) in [7, 11) is 0. The molecule has 0 aliphatic carbocycles. The first kappa shape index (κ1) is 29.6. The van der Waals surface area contributed by atoms with Gasteiger partial charge in [-0.2, -0.15) is 57.1 Å². The number of rotatable bonds is 4. The molecule has 1 aromatic carbocycles. The van der Waals surface area contributed by atoms with Gasteiger partial charge in [0.2, 0.25) is 0 Å². The molecule has 1 unspecified atom stereocenters. The molecule has 186 valence electrons. The fraction of sp³-hybridized carbons (Fsp3) is 0.571. The molecule has 0 amide bonds. The lowest BCUT2D eigenvalue weighted by atomic mass is 9.82. The van der Waals surface area contributed by atoms with Gasteiger partial charge in [-0.3, -0.25) is 0 Å². The highest BCUT2D eigenvalue weighted by Gasteiger charge is 2.82. The normalized spacial score (nSPS) is 16.8. The molecule has 32 heavy (non-hydrogen) atoms. The van der Waals surface area contributed by atoms with Gasteiger partial charge in [-0.25, -0.2) is 4.39 Å². The van der Waals surface area contributed by atoms with Gasteiger partial charge in [-0.05, 0) is 17.7 Å². The van der Waals surface area contributed by atoms with Crippen LogP contribution in [-0.4, -0.2) is 28.2 Å². The van der Waals surface area contributed by atoms with Crippen molar-refractivity contribution in [3.05, 3.63) is 33.3 Å². The van der Waals surface area contributed by atoms with E-state index in [-0.39, 0.29) is 6.07 Å². The Bertz CT molecular complexity index is 852. The van der Waals surface area contributed by atoms with Crippen molar-refractivity contribution >= 4 is 50.7 Å². The zero-order valence-corrected chi connectivity index (χ0v) is 18.0. The van der Waals surface area contributed by atoms with Crippen LogP contribution in [0.2, 0.25) is 0 Å². The number of hydrogen-bond acceptors (Lipinski definition) is 0. The molecule has 0 spiro atoms. The fourth-order valence-corrected chi connectivity index (χ4v) is 3.37. The van der Waals surface area contributed by atoms with Crippen LogP contribution in [0.5, 0.6) is 0 Å². The van der Waals surface area contributed by atoms with E-state index in [1.807, 2.05) is 0 Å². The molecule has 0 heterocycles. The highest BCUT2D eigenvalue weighted by molar-refractivity contribution is 9.10. The van der Waals surface area contributed by atoms with E-state index in [1.165, 1.54) is 0 Å². The summed E-state index contributed by atoms with van der Waals surface area (Å²) in [5.74, 6) is -13.5. The van der Waals surface area contributed by atoms with Crippen molar-refractivity contribution in [3.63, 3.8) is 0 Å². The van der Waals surface area contributed by atoms with Gasteiger partial charge in [0.1, 0.15) is 0 Å². The molecule has 0 nitrogen and oxygen atoms in total. The van der Waals surface area contributed by atoms with E-state index in [2.05, 4.69) is 15.9 Å². The first-order valence-corrected chi connectivity index (χ1v) is 9.19. The van der Waals surface area contributed by atoms with E-state index in [0.29, 0.717) is 0 Å². The maximum Gasteiger partial charge on any atom is 0.458 e. The molecule has 0 radical (unpaired) electrons. The molecular formula is C14H4BrCl3F14. The minimum Gasteiger partial charge on any atom is -0.221 e. The number of alkyl halides is 17. The lowest BCUT2D eigenvalue weighted by Crippen LogP contribution is -2.60. The Labute approximate surface area is 191 Å². The molecule has 0 aliphatic heterocycles. The number of halogens is 18. The second kappa shape index (κ2) is 8.36. The summed E-state index contributed by atoms with van der Waals surface area (Å²) in [6.45, 7) is 0. The third kappa shape index (κ3) is 5.14. The van der Waals surface area contributed by atoms with Crippen molar-refractivity contribution in [1.82, 2.24) is 0 Å². The van der Waals surface area contributed by atoms with Crippen LogP contribution in [-0.2, 0) is 18.0 Å². The van der Waals surface area contributed by atoms with Crippen molar-refractivity contribution in [3.8, 4) is 0 Å². The molecule has 0 saturated carbocycles. The zero-order valence-electron chi connectivity index (χ0n) is 14.2. The summed E-state index contributed by atoms with van der Waals surface area (Å²) in [6.07, 6.45) is -22.7. The Morgan fingerprint density at radius 2 is 1.09 bits per heavy atom. The molecular weight excluding hydrogens is 620 g/mol. The van der Waals surface area contributed by atoms with Crippen LogP contribution in [0.25, 0.3) is 0 Å². The predicted molar refractivity (Wildman–Crippen MR) is 87.9 cm³/mol. The van der Waals surface area contributed by atoms with E-state index in [1.54, 1.807) is 0 Å². The molecule has 0 fully saturated rings. The van der Waals surface area contributed by atoms with Crippen molar-refractivity contribution in [2.45, 2.75) is 46.3 Å². The standard InChI is InChI=1S/C14H4BrCl3F14/c15-7-2-4(10(20,21)13(27,28)29)1-6(5(7)3-8(16,17)18)9(19,12(24,25)26)11(22,23)14(30,31)32/h1-2H,3H2. The minimum atomic E-state index is -7.38. The molecule has 18 heteroatoms. The lowest BCUT2D eigenvalue weighted by molar-refractivity contribution is -0.389. The van der Waals surface area contributed by atoms with Gasteiger partial charge >= 0.3 is 36.0 Å². The summed E-state index contributed by atoms with van der Waals surface area (Å²) in [4.78, 5) is 0. The topological polar surface area (TPSA) is 0 Å². The van der Waals surface area contributed by atoms with E-state index in [0.717, 1.165) is 0 Å². The van der Waals surface area contributed by atoms with Crippen molar-refractivity contribution in [2.24, 2.45) is 0 Å². The van der Waals surface area contributed by atoms with E-state index >= 15 is 0 Å². The summed E-state index contributed by atoms with van der Waals surface area (Å²) >= 11 is 17.9. The van der Waals surface area contributed by atoms with Gasteiger partial charge in [0.25, 0.3) is 0 Å². The smallest absolute Gasteiger partial charge is 0.221 e. The van der Waals surface area contributed by atoms with Crippen LogP contribution in [0.15, 0.2) is 16.6 Å². The first-order chi connectivity index (χ1) is 13.7. The van der Waals surface area contributed by atoms with Gasteiger partial charge in [-0.1, -0.05) is 50.7 Å². The minimum absolute atomic E-state index is 0.286. The molecule has 1 aromatic rings. The van der Waals surface area contributed by atoms with Crippen LogP contribution in [0.4, 0.5) is 61.5 Å². The van der Waals surface area contributed by atoms with E-state index < -0.39 is 73.5 Å². The zero-order chi connectivity index (χ0) is 25.9. The lowest BCUT2D eigenvalue weighted by Gasteiger charge is -2.38. The molecule has 0 aliphatic rings. The van der Waals surface area contributed by atoms with Crippen LogP contribution in [0.1, 0.15) is 16.7 Å². The second-order valence-corrected chi connectivity index (χ2v) is 9.45. The molecule has 1 rings (SSSR count). The maximum atomic E-state index is 14.9. The average molecular weight is 624 g/mol. The predicted octanol–water partition coefficient (Wildman–Crippen LogP) is 8.94. The van der Waals surface area contributed by atoms with Crippen LogP contribution < -0.4 is 0 Å². The number of benzene rings is 1. The van der Waals surface area contributed by atoms with E-state index in [4.69, 9.17) is 34.8 Å². The molecule has 0 aromatic heterocycles. The summed E-state index contributed by atoms with van der Waals surface area (Å²) < 4.78 is 182.